The highest BCUT2D eigenvalue weighted by Gasteiger charge is 2.46. The number of hydrogen-bond donors (Lipinski definition) is 3. The van der Waals surface area contributed by atoms with Crippen LogP contribution in [0.5, 0.6) is 0 Å². The van der Waals surface area contributed by atoms with Crippen LogP contribution in [0.25, 0.3) is 0 Å². The van der Waals surface area contributed by atoms with E-state index in [2.05, 4.69) is 26.6 Å². The molecule has 1 fully saturated rings. The van der Waals surface area contributed by atoms with Crippen LogP contribution >= 0.6 is 39.1 Å². The minimum atomic E-state index is -1.24. The van der Waals surface area contributed by atoms with Gasteiger partial charge in [0.15, 0.2) is 6.10 Å². The van der Waals surface area contributed by atoms with Crippen LogP contribution < -0.4 is 10.6 Å². The van der Waals surface area contributed by atoms with E-state index in [4.69, 9.17) is 37.6 Å². The van der Waals surface area contributed by atoms with Crippen LogP contribution in [-0.2, 0) is 23.7 Å². The van der Waals surface area contributed by atoms with Gasteiger partial charge in [-0.1, -0.05) is 37.0 Å². The number of rotatable bonds is 9. The molecule has 9 nitrogen and oxygen atoms in total. The van der Waals surface area contributed by atoms with Gasteiger partial charge in [0.1, 0.15) is 0 Å². The molecular formula is C18H20BBrCl2N2O7. The van der Waals surface area contributed by atoms with Gasteiger partial charge in [-0.25, -0.2) is 0 Å². The highest BCUT2D eigenvalue weighted by molar-refractivity contribution is 9.10. The van der Waals surface area contributed by atoms with Crippen LogP contribution in [0.4, 0.5) is 0 Å². The molecule has 3 N–H and O–H groups in total. The quantitative estimate of drug-likeness (QED) is 0.326. The third kappa shape index (κ3) is 7.38. The molecule has 2 rings (SSSR count). The molecule has 168 valence electrons. The smallest absolute Gasteiger partial charge is 0.506 e. The molecule has 1 heterocycles. The normalized spacial score (nSPS) is 16.8. The maximum Gasteiger partial charge on any atom is 0.552 e. The average Bonchev–Trinajstić information content (AvgIpc) is 3.01. The summed E-state index contributed by atoms with van der Waals surface area (Å²) in [5.74, 6) is -3.76. The van der Waals surface area contributed by atoms with Crippen molar-refractivity contribution in [2.24, 2.45) is 5.92 Å². The number of carbonyl (C=O) groups excluding carboxylic acids is 3. The lowest BCUT2D eigenvalue weighted by atomic mass is 9.74. The number of amides is 2. The Bertz CT molecular complexity index is 887. The molecule has 1 aliphatic rings. The molecule has 2 amide bonds. The Morgan fingerprint density at radius 1 is 1.26 bits per heavy atom. The molecule has 0 aromatic heterocycles. The zero-order valence-corrected chi connectivity index (χ0v) is 19.7. The molecule has 2 atom stereocenters. The molecule has 1 aromatic carbocycles. The van der Waals surface area contributed by atoms with Crippen molar-refractivity contribution >= 4 is 70.0 Å². The highest BCUT2D eigenvalue weighted by Crippen LogP contribution is 2.29. The number of aliphatic carboxylic acids is 1. The second-order valence-electron chi connectivity index (χ2n) is 7.26. The van der Waals surface area contributed by atoms with Gasteiger partial charge in [0.25, 0.3) is 5.91 Å². The van der Waals surface area contributed by atoms with Crippen molar-refractivity contribution in [3.8, 4) is 0 Å². The van der Waals surface area contributed by atoms with E-state index in [9.17, 15) is 19.2 Å². The van der Waals surface area contributed by atoms with E-state index in [0.717, 1.165) is 0 Å². The van der Waals surface area contributed by atoms with E-state index in [1.807, 2.05) is 13.8 Å². The van der Waals surface area contributed by atoms with Gasteiger partial charge in [0.05, 0.1) is 34.5 Å². The Hall–Kier alpha value is -1.82. The van der Waals surface area contributed by atoms with Gasteiger partial charge in [-0.05, 0) is 40.4 Å². The lowest BCUT2D eigenvalue weighted by Gasteiger charge is -2.21. The van der Waals surface area contributed by atoms with E-state index in [0.29, 0.717) is 15.9 Å². The molecule has 1 aliphatic heterocycles. The molecule has 13 heteroatoms. The number of halogens is 3. The van der Waals surface area contributed by atoms with Gasteiger partial charge < -0.3 is 25.0 Å². The molecule has 1 aromatic rings. The molecule has 0 saturated carbocycles. The van der Waals surface area contributed by atoms with Gasteiger partial charge in [0.2, 0.25) is 5.91 Å². The lowest BCUT2D eigenvalue weighted by Crippen LogP contribution is -2.50. The SMILES string of the molecule is CC(C)C[C@H](NC(=O)CNC(=O)c1cc(Br)c(Cl)cc1Cl)B1OC(=O)C(CC(=O)O)O1. The van der Waals surface area contributed by atoms with Gasteiger partial charge in [-0.3, -0.25) is 19.2 Å². The standard InChI is InChI=1S/C18H20BBrCl2N2O7/c1-8(2)3-14(19-30-13(6-16(26)27)18(29)31-19)24-15(25)7-23-17(28)9-4-10(20)12(22)5-11(9)21/h4-5,8,13-14H,3,6-7H2,1-2H3,(H,23,28)(H,24,25)(H,26,27)/t13?,14-/m0/s1. The summed E-state index contributed by atoms with van der Waals surface area (Å²) < 4.78 is 11.0. The van der Waals surface area contributed by atoms with Gasteiger partial charge >= 0.3 is 19.1 Å². The fourth-order valence-electron chi connectivity index (χ4n) is 2.86. The highest BCUT2D eigenvalue weighted by atomic mass is 79.9. The van der Waals surface area contributed by atoms with Crippen molar-refractivity contribution in [3.05, 3.63) is 32.2 Å². The van der Waals surface area contributed by atoms with Crippen LogP contribution in [-0.4, -0.2) is 54.6 Å². The Morgan fingerprint density at radius 3 is 2.55 bits per heavy atom. The van der Waals surface area contributed by atoms with Crippen molar-refractivity contribution in [3.63, 3.8) is 0 Å². The predicted octanol–water partition coefficient (Wildman–Crippen LogP) is 2.46. The second-order valence-corrected chi connectivity index (χ2v) is 8.93. The van der Waals surface area contributed by atoms with Crippen molar-refractivity contribution in [1.29, 1.82) is 0 Å². The first-order chi connectivity index (χ1) is 14.5. The Labute approximate surface area is 197 Å². The first-order valence-corrected chi connectivity index (χ1v) is 10.8. The Balaban J connectivity index is 1.98. The summed E-state index contributed by atoms with van der Waals surface area (Å²) in [5.41, 5.74) is 0.133. The van der Waals surface area contributed by atoms with E-state index in [1.54, 1.807) is 0 Å². The number of carboxylic acids is 1. The maximum absolute atomic E-state index is 12.4. The second kappa shape index (κ2) is 11.2. The van der Waals surface area contributed by atoms with Crippen molar-refractivity contribution in [2.45, 2.75) is 38.7 Å². The molecule has 1 saturated heterocycles. The fraction of sp³-hybridized carbons (Fsp3) is 0.444. The number of carboxylic acid groups (broad SMARTS) is 1. The summed E-state index contributed by atoms with van der Waals surface area (Å²) in [6.07, 6.45) is -1.38. The first-order valence-electron chi connectivity index (χ1n) is 9.27. The van der Waals surface area contributed by atoms with Crippen LogP contribution in [0.15, 0.2) is 16.6 Å². The van der Waals surface area contributed by atoms with Crippen LogP contribution in [0.1, 0.15) is 37.0 Å². The van der Waals surface area contributed by atoms with Crippen LogP contribution in [0, 0.1) is 5.92 Å². The predicted molar refractivity (Wildman–Crippen MR) is 117 cm³/mol. The third-order valence-corrected chi connectivity index (χ3v) is 5.73. The zero-order chi connectivity index (χ0) is 23.3. The monoisotopic (exact) mass is 536 g/mol. The Morgan fingerprint density at radius 2 is 1.94 bits per heavy atom. The summed E-state index contributed by atoms with van der Waals surface area (Å²) in [7, 11) is -1.12. The summed E-state index contributed by atoms with van der Waals surface area (Å²) in [6, 6.07) is 2.84. The zero-order valence-electron chi connectivity index (χ0n) is 16.6. The summed E-state index contributed by atoms with van der Waals surface area (Å²) in [6.45, 7) is 3.42. The first kappa shape index (κ1) is 25.4. The molecule has 0 bridgehead atoms. The van der Waals surface area contributed by atoms with Crippen molar-refractivity contribution in [1.82, 2.24) is 10.6 Å². The number of nitrogens with one attached hydrogen (secondary N) is 2. The van der Waals surface area contributed by atoms with E-state index < -0.39 is 49.3 Å². The molecule has 1 unspecified atom stereocenters. The molecule has 0 radical (unpaired) electrons. The largest absolute Gasteiger partial charge is 0.552 e. The minimum Gasteiger partial charge on any atom is -0.506 e. The molecule has 0 aliphatic carbocycles. The minimum absolute atomic E-state index is 0.103. The van der Waals surface area contributed by atoms with E-state index >= 15 is 0 Å². The van der Waals surface area contributed by atoms with Gasteiger partial charge in [0, 0.05) is 4.47 Å². The number of benzene rings is 1. The lowest BCUT2D eigenvalue weighted by molar-refractivity contribution is -0.145. The number of carbonyl (C=O) groups is 4. The fourth-order valence-corrected chi connectivity index (χ4v) is 3.67. The maximum atomic E-state index is 12.4. The summed E-state index contributed by atoms with van der Waals surface area (Å²) in [5, 5.41) is 14.4. The average molecular weight is 538 g/mol. The van der Waals surface area contributed by atoms with Crippen molar-refractivity contribution < 1.29 is 33.6 Å². The topological polar surface area (TPSA) is 131 Å². The Kier molecular flexibility index (Phi) is 9.17. The van der Waals surface area contributed by atoms with E-state index in [-0.39, 0.29) is 23.0 Å². The molecule has 0 spiro atoms. The van der Waals surface area contributed by atoms with Crippen LogP contribution in [0.2, 0.25) is 10.0 Å². The van der Waals surface area contributed by atoms with Crippen LogP contribution in [0.3, 0.4) is 0 Å². The van der Waals surface area contributed by atoms with E-state index in [1.165, 1.54) is 12.1 Å². The third-order valence-electron chi connectivity index (χ3n) is 4.22. The number of hydrogen-bond acceptors (Lipinski definition) is 6. The molecule has 31 heavy (non-hydrogen) atoms. The van der Waals surface area contributed by atoms with Gasteiger partial charge in [-0.15, -0.1) is 0 Å². The molecular weight excluding hydrogens is 518 g/mol. The summed E-state index contributed by atoms with van der Waals surface area (Å²) in [4.78, 5) is 47.4. The summed E-state index contributed by atoms with van der Waals surface area (Å²) >= 11 is 15.2. The van der Waals surface area contributed by atoms with Gasteiger partial charge in [-0.2, -0.15) is 0 Å². The van der Waals surface area contributed by atoms with Crippen molar-refractivity contribution in [2.75, 3.05) is 6.54 Å².